The second-order valence-electron chi connectivity index (χ2n) is 5.29. The third-order valence-electron chi connectivity index (χ3n) is 4.02. The van der Waals surface area contributed by atoms with E-state index < -0.39 is 5.97 Å². The van der Waals surface area contributed by atoms with Crippen LogP contribution in [-0.2, 0) is 4.74 Å². The van der Waals surface area contributed by atoms with Crippen LogP contribution in [0.5, 0.6) is 0 Å². The van der Waals surface area contributed by atoms with Gasteiger partial charge in [-0.05, 0) is 37.3 Å². The van der Waals surface area contributed by atoms with Gasteiger partial charge in [0.05, 0.1) is 12.8 Å². The van der Waals surface area contributed by atoms with Crippen LogP contribution in [-0.4, -0.2) is 31.2 Å². The highest BCUT2D eigenvalue weighted by molar-refractivity contribution is 5.88. The van der Waals surface area contributed by atoms with Crippen molar-refractivity contribution in [3.8, 4) is 0 Å². The summed E-state index contributed by atoms with van der Waals surface area (Å²) in [5.74, 6) is 1.07. The lowest BCUT2D eigenvalue weighted by Gasteiger charge is -2.23. The van der Waals surface area contributed by atoms with Gasteiger partial charge in [0.1, 0.15) is 0 Å². The monoisotopic (exact) mass is 277 g/mol. The van der Waals surface area contributed by atoms with Gasteiger partial charge in [-0.2, -0.15) is 0 Å². The highest BCUT2D eigenvalue weighted by Crippen LogP contribution is 2.27. The largest absolute Gasteiger partial charge is 0.464 e. The quantitative estimate of drug-likeness (QED) is 0.860. The van der Waals surface area contributed by atoms with Gasteiger partial charge in [-0.25, -0.2) is 9.78 Å². The number of methoxy groups -OCH3 is 1. The number of anilines is 2. The molecule has 2 rings (SSSR count). The van der Waals surface area contributed by atoms with Crippen molar-refractivity contribution in [1.82, 2.24) is 4.98 Å². The van der Waals surface area contributed by atoms with E-state index >= 15 is 0 Å². The molecule has 1 saturated heterocycles. The zero-order valence-corrected chi connectivity index (χ0v) is 12.3. The first-order chi connectivity index (χ1) is 9.65. The normalized spacial score (nSPS) is 19.5. The summed E-state index contributed by atoms with van der Waals surface area (Å²) in [4.78, 5) is 18.2. The molecule has 1 aliphatic heterocycles. The number of aromatic nitrogens is 1. The van der Waals surface area contributed by atoms with Crippen LogP contribution in [0.3, 0.4) is 0 Å². The predicted molar refractivity (Wildman–Crippen MR) is 79.8 cm³/mol. The average Bonchev–Trinajstić information content (AvgIpc) is 2.72. The molecular weight excluding hydrogens is 254 g/mol. The van der Waals surface area contributed by atoms with Crippen molar-refractivity contribution in [2.24, 2.45) is 5.92 Å². The molecule has 0 aromatic carbocycles. The lowest BCUT2D eigenvalue weighted by molar-refractivity contribution is 0.0594. The van der Waals surface area contributed by atoms with E-state index in [0.29, 0.717) is 17.2 Å². The lowest BCUT2D eigenvalue weighted by atomic mass is 9.98. The number of ether oxygens (including phenoxy) is 1. The van der Waals surface area contributed by atoms with Gasteiger partial charge in [-0.15, -0.1) is 0 Å². The number of rotatable bonds is 3. The fraction of sp³-hybridized carbons (Fsp3) is 0.600. The summed E-state index contributed by atoms with van der Waals surface area (Å²) < 4.78 is 4.72. The first-order valence-electron chi connectivity index (χ1n) is 7.25. The van der Waals surface area contributed by atoms with Crippen molar-refractivity contribution in [3.63, 3.8) is 0 Å². The molecule has 5 heteroatoms. The molecule has 1 aromatic rings. The fourth-order valence-electron chi connectivity index (χ4n) is 2.72. The van der Waals surface area contributed by atoms with Crippen LogP contribution in [0, 0.1) is 5.92 Å². The molecule has 5 nitrogen and oxygen atoms in total. The van der Waals surface area contributed by atoms with Crippen LogP contribution in [0.2, 0.25) is 0 Å². The summed E-state index contributed by atoms with van der Waals surface area (Å²) in [5, 5.41) is 0. The molecule has 0 bridgehead atoms. The Hall–Kier alpha value is -1.78. The summed E-state index contributed by atoms with van der Waals surface area (Å²) in [7, 11) is 1.36. The van der Waals surface area contributed by atoms with Crippen molar-refractivity contribution >= 4 is 17.5 Å². The summed E-state index contributed by atoms with van der Waals surface area (Å²) in [6, 6.07) is 3.34. The molecule has 0 radical (unpaired) electrons. The average molecular weight is 277 g/mol. The van der Waals surface area contributed by atoms with Crippen LogP contribution >= 0.6 is 0 Å². The van der Waals surface area contributed by atoms with E-state index in [1.165, 1.54) is 20.0 Å². The van der Waals surface area contributed by atoms with Crippen LogP contribution in [0.4, 0.5) is 11.5 Å². The number of hydrogen-bond acceptors (Lipinski definition) is 5. The Morgan fingerprint density at radius 3 is 2.95 bits per heavy atom. The zero-order valence-electron chi connectivity index (χ0n) is 12.3. The summed E-state index contributed by atoms with van der Waals surface area (Å²) in [6.07, 6.45) is 4.77. The summed E-state index contributed by atoms with van der Waals surface area (Å²) in [6.45, 7) is 4.13. The number of nitrogen functional groups attached to an aromatic ring is 1. The minimum absolute atomic E-state index is 0.313. The number of hydrogen-bond donors (Lipinski definition) is 1. The van der Waals surface area contributed by atoms with Gasteiger partial charge < -0.3 is 15.4 Å². The van der Waals surface area contributed by atoms with Crippen LogP contribution < -0.4 is 10.6 Å². The zero-order chi connectivity index (χ0) is 14.5. The Morgan fingerprint density at radius 2 is 2.25 bits per heavy atom. The van der Waals surface area contributed by atoms with E-state index in [1.54, 1.807) is 12.1 Å². The van der Waals surface area contributed by atoms with E-state index in [-0.39, 0.29) is 0 Å². The molecule has 2 N–H and O–H groups in total. The Morgan fingerprint density at radius 1 is 1.45 bits per heavy atom. The van der Waals surface area contributed by atoms with Crippen molar-refractivity contribution in [2.45, 2.75) is 32.6 Å². The number of carbonyl (C=O) groups is 1. The smallest absolute Gasteiger partial charge is 0.356 e. The molecule has 0 aliphatic carbocycles. The molecule has 2 heterocycles. The third kappa shape index (κ3) is 3.21. The van der Waals surface area contributed by atoms with Gasteiger partial charge >= 0.3 is 5.97 Å². The minimum Gasteiger partial charge on any atom is -0.464 e. The summed E-state index contributed by atoms with van der Waals surface area (Å²) >= 11 is 0. The number of nitrogens with two attached hydrogens (primary N) is 1. The first-order valence-corrected chi connectivity index (χ1v) is 7.25. The number of carbonyl (C=O) groups excluding carboxylic acids is 1. The Balaban J connectivity index is 2.20. The standard InChI is InChI=1S/C15H23N3O2/c1-3-11-5-4-9-18(10-8-11)14-12(16)6-7-13(17-14)15(19)20-2/h6-7,11H,3-5,8-10,16H2,1-2H3. The van der Waals surface area contributed by atoms with E-state index in [0.717, 1.165) is 31.8 Å². The molecule has 1 aliphatic rings. The predicted octanol–water partition coefficient (Wildman–Crippen LogP) is 2.47. The SMILES string of the molecule is CCC1CCCN(c2nc(C(=O)OC)ccc2N)CC1. The minimum atomic E-state index is -0.424. The van der Waals surface area contributed by atoms with Crippen molar-refractivity contribution < 1.29 is 9.53 Å². The molecule has 0 spiro atoms. The third-order valence-corrected chi connectivity index (χ3v) is 4.02. The van der Waals surface area contributed by atoms with Gasteiger partial charge in [-0.1, -0.05) is 13.3 Å². The fourth-order valence-corrected chi connectivity index (χ4v) is 2.72. The second kappa shape index (κ2) is 6.59. The molecular formula is C15H23N3O2. The molecule has 1 atom stereocenters. The van der Waals surface area contributed by atoms with Crippen molar-refractivity contribution in [2.75, 3.05) is 30.8 Å². The van der Waals surface area contributed by atoms with Crippen LogP contribution in [0.1, 0.15) is 43.1 Å². The maximum atomic E-state index is 11.6. The second-order valence-corrected chi connectivity index (χ2v) is 5.29. The Kier molecular flexibility index (Phi) is 4.82. The highest BCUT2D eigenvalue weighted by Gasteiger charge is 2.20. The van der Waals surface area contributed by atoms with E-state index in [2.05, 4.69) is 16.8 Å². The summed E-state index contributed by atoms with van der Waals surface area (Å²) in [5.41, 5.74) is 6.95. The van der Waals surface area contributed by atoms with Gasteiger partial charge in [0.15, 0.2) is 11.5 Å². The molecule has 1 unspecified atom stereocenters. The van der Waals surface area contributed by atoms with E-state index in [4.69, 9.17) is 10.5 Å². The molecule has 0 saturated carbocycles. The lowest BCUT2D eigenvalue weighted by Crippen LogP contribution is -2.27. The number of nitrogens with zero attached hydrogens (tertiary/aromatic N) is 2. The van der Waals surface area contributed by atoms with Crippen LogP contribution in [0.15, 0.2) is 12.1 Å². The molecule has 20 heavy (non-hydrogen) atoms. The van der Waals surface area contributed by atoms with E-state index in [1.807, 2.05) is 0 Å². The van der Waals surface area contributed by atoms with Gasteiger partial charge in [0, 0.05) is 13.1 Å². The topological polar surface area (TPSA) is 68.5 Å². The molecule has 0 amide bonds. The molecule has 1 aromatic heterocycles. The highest BCUT2D eigenvalue weighted by atomic mass is 16.5. The maximum Gasteiger partial charge on any atom is 0.356 e. The number of pyridine rings is 1. The van der Waals surface area contributed by atoms with Crippen molar-refractivity contribution in [3.05, 3.63) is 17.8 Å². The van der Waals surface area contributed by atoms with E-state index in [9.17, 15) is 4.79 Å². The molecule has 110 valence electrons. The van der Waals surface area contributed by atoms with Crippen LogP contribution in [0.25, 0.3) is 0 Å². The van der Waals surface area contributed by atoms with Crippen molar-refractivity contribution in [1.29, 1.82) is 0 Å². The van der Waals surface area contributed by atoms with Gasteiger partial charge in [0.25, 0.3) is 0 Å². The van der Waals surface area contributed by atoms with Gasteiger partial charge in [0.2, 0.25) is 0 Å². The molecule has 1 fully saturated rings. The maximum absolute atomic E-state index is 11.6. The Labute approximate surface area is 120 Å². The first kappa shape index (κ1) is 14.6. The van der Waals surface area contributed by atoms with Gasteiger partial charge in [-0.3, -0.25) is 0 Å². The number of esters is 1. The Bertz CT molecular complexity index is 476.